The number of carbonyl (C=O) groups is 4. The van der Waals surface area contributed by atoms with E-state index in [1.165, 1.54) is 6.08 Å². The van der Waals surface area contributed by atoms with E-state index in [1.807, 2.05) is 6.92 Å². The van der Waals surface area contributed by atoms with Gasteiger partial charge in [-0.1, -0.05) is 25.5 Å². The van der Waals surface area contributed by atoms with E-state index in [-0.39, 0.29) is 5.92 Å². The van der Waals surface area contributed by atoms with Crippen molar-refractivity contribution >= 4 is 23.9 Å². The van der Waals surface area contributed by atoms with E-state index in [0.29, 0.717) is 12.0 Å². The van der Waals surface area contributed by atoms with Gasteiger partial charge in [-0.2, -0.15) is 0 Å². The first-order valence-corrected chi connectivity index (χ1v) is 7.76. The topological polar surface area (TPSA) is 149 Å². The molecule has 3 rings (SSSR count). The molecule has 8 heteroatoms. The molecular formula is C16H20O8. The molecule has 3 aliphatic carbocycles. The summed E-state index contributed by atoms with van der Waals surface area (Å²) < 4.78 is 0. The number of hydrogen-bond donors (Lipinski definition) is 4. The number of fused-ring (bicyclic) bond motifs is 2. The maximum Gasteiger partial charge on any atom is 0.308 e. The van der Waals surface area contributed by atoms with Crippen LogP contribution in [-0.4, -0.2) is 44.3 Å². The van der Waals surface area contributed by atoms with Crippen LogP contribution in [0.2, 0.25) is 0 Å². The lowest BCUT2D eigenvalue weighted by Gasteiger charge is -2.51. The Kier molecular flexibility index (Phi) is 4.68. The Hall–Kier alpha value is -2.38. The lowest BCUT2D eigenvalue weighted by atomic mass is 9.49. The summed E-state index contributed by atoms with van der Waals surface area (Å²) >= 11 is 0. The Bertz CT molecular complexity index is 582. The van der Waals surface area contributed by atoms with E-state index in [4.69, 9.17) is 0 Å². The highest BCUT2D eigenvalue weighted by atomic mass is 16.4. The third kappa shape index (κ3) is 2.55. The summed E-state index contributed by atoms with van der Waals surface area (Å²) in [5.41, 5.74) is 0.553. The maximum atomic E-state index is 11.7. The number of aliphatic carboxylic acids is 4. The SMILES string of the molecule is CCC(C)C1=CC2C(C(=O)O)C(C(=O)O)C1C(C(=O)O)C2C(=O)O. The van der Waals surface area contributed by atoms with Crippen molar-refractivity contribution in [3.8, 4) is 0 Å². The monoisotopic (exact) mass is 340 g/mol. The number of rotatable bonds is 6. The lowest BCUT2D eigenvalue weighted by Crippen LogP contribution is -2.59. The highest BCUT2D eigenvalue weighted by molar-refractivity contribution is 5.88. The quantitative estimate of drug-likeness (QED) is 0.524. The Morgan fingerprint density at radius 3 is 1.54 bits per heavy atom. The molecule has 3 aliphatic rings. The fourth-order valence-electron chi connectivity index (χ4n) is 4.31. The highest BCUT2D eigenvalue weighted by Gasteiger charge is 2.63. The van der Waals surface area contributed by atoms with Gasteiger partial charge in [0.05, 0.1) is 23.7 Å². The van der Waals surface area contributed by atoms with Gasteiger partial charge >= 0.3 is 23.9 Å². The minimum Gasteiger partial charge on any atom is -0.481 e. The van der Waals surface area contributed by atoms with Crippen LogP contribution in [0.25, 0.3) is 0 Å². The van der Waals surface area contributed by atoms with Crippen molar-refractivity contribution in [2.24, 2.45) is 41.4 Å². The van der Waals surface area contributed by atoms with Gasteiger partial charge in [0.15, 0.2) is 0 Å². The van der Waals surface area contributed by atoms with Crippen molar-refractivity contribution in [1.82, 2.24) is 0 Å². The summed E-state index contributed by atoms with van der Waals surface area (Å²) in [4.78, 5) is 46.7. The predicted octanol–water partition coefficient (Wildman–Crippen LogP) is 1.02. The fourth-order valence-corrected chi connectivity index (χ4v) is 4.31. The van der Waals surface area contributed by atoms with Crippen LogP contribution in [0.1, 0.15) is 20.3 Å². The number of carboxylic acid groups (broad SMARTS) is 4. The zero-order valence-electron chi connectivity index (χ0n) is 13.2. The summed E-state index contributed by atoms with van der Waals surface area (Å²) in [5, 5.41) is 38.0. The minimum atomic E-state index is -1.45. The standard InChI is InChI=1S/C16H20O8/c1-3-5(2)6-4-7-9(13(17)18)11(15(21)22)8(6)12(16(23)24)10(7)14(19)20/h4-5,7-12H,3H2,1-2H3,(H,17,18)(H,19,20)(H,21,22)(H,23,24). The second-order valence-corrected chi connectivity index (χ2v) is 6.54. The number of allylic oxidation sites excluding steroid dienone is 2. The van der Waals surface area contributed by atoms with E-state index >= 15 is 0 Å². The molecule has 0 aromatic heterocycles. The molecule has 0 heterocycles. The van der Waals surface area contributed by atoms with Gasteiger partial charge in [0.2, 0.25) is 0 Å². The summed E-state index contributed by atoms with van der Waals surface area (Å²) in [6.07, 6.45) is 2.12. The van der Waals surface area contributed by atoms with Crippen LogP contribution in [0.3, 0.4) is 0 Å². The second kappa shape index (κ2) is 6.26. The Labute approximate surface area is 137 Å². The van der Waals surface area contributed by atoms with Crippen molar-refractivity contribution in [2.45, 2.75) is 20.3 Å². The minimum absolute atomic E-state index is 0.148. The van der Waals surface area contributed by atoms with Crippen molar-refractivity contribution in [3.63, 3.8) is 0 Å². The van der Waals surface area contributed by atoms with Gasteiger partial charge in [-0.3, -0.25) is 19.2 Å². The molecule has 4 N–H and O–H groups in total. The largest absolute Gasteiger partial charge is 0.481 e. The summed E-state index contributed by atoms with van der Waals surface area (Å²) in [6.45, 7) is 3.65. The smallest absolute Gasteiger partial charge is 0.308 e. The van der Waals surface area contributed by atoms with Crippen LogP contribution in [-0.2, 0) is 19.2 Å². The fraction of sp³-hybridized carbons (Fsp3) is 0.625. The van der Waals surface area contributed by atoms with E-state index in [9.17, 15) is 39.6 Å². The molecule has 24 heavy (non-hydrogen) atoms. The predicted molar refractivity (Wildman–Crippen MR) is 79.0 cm³/mol. The van der Waals surface area contributed by atoms with E-state index in [1.54, 1.807) is 6.92 Å². The molecule has 0 amide bonds. The van der Waals surface area contributed by atoms with Gasteiger partial charge < -0.3 is 20.4 Å². The van der Waals surface area contributed by atoms with Crippen LogP contribution in [0, 0.1) is 41.4 Å². The molecular weight excluding hydrogens is 320 g/mol. The Morgan fingerprint density at radius 1 is 0.875 bits per heavy atom. The Balaban J connectivity index is 2.71. The normalized spacial score (nSPS) is 35.8. The number of hydrogen-bond acceptors (Lipinski definition) is 4. The molecule has 0 spiro atoms. The first kappa shape index (κ1) is 18.0. The lowest BCUT2D eigenvalue weighted by molar-refractivity contribution is -0.179. The highest BCUT2D eigenvalue weighted by Crippen LogP contribution is 2.56. The van der Waals surface area contributed by atoms with Crippen LogP contribution in [0.4, 0.5) is 0 Å². The van der Waals surface area contributed by atoms with Gasteiger partial charge in [0.25, 0.3) is 0 Å². The molecule has 0 aromatic rings. The summed E-state index contributed by atoms with van der Waals surface area (Å²) in [7, 11) is 0. The van der Waals surface area contributed by atoms with Crippen molar-refractivity contribution in [2.75, 3.05) is 0 Å². The first-order chi connectivity index (χ1) is 11.1. The van der Waals surface area contributed by atoms with Gasteiger partial charge in [-0.25, -0.2) is 0 Å². The van der Waals surface area contributed by atoms with E-state index in [0.717, 1.165) is 0 Å². The molecule has 5 atom stereocenters. The summed E-state index contributed by atoms with van der Waals surface area (Å²) in [5.74, 6) is -13.9. The maximum absolute atomic E-state index is 11.7. The third-order valence-corrected chi connectivity index (χ3v) is 5.47. The van der Waals surface area contributed by atoms with Crippen molar-refractivity contribution in [1.29, 1.82) is 0 Å². The second-order valence-electron chi connectivity index (χ2n) is 6.54. The molecule has 8 nitrogen and oxygen atoms in total. The molecule has 5 unspecified atom stereocenters. The molecule has 0 aromatic carbocycles. The van der Waals surface area contributed by atoms with Crippen LogP contribution in [0.15, 0.2) is 11.6 Å². The van der Waals surface area contributed by atoms with E-state index < -0.39 is 59.4 Å². The molecule has 1 saturated carbocycles. The van der Waals surface area contributed by atoms with Gasteiger partial charge in [0, 0.05) is 11.8 Å². The van der Waals surface area contributed by atoms with Crippen molar-refractivity contribution < 1.29 is 39.6 Å². The number of carboxylic acids is 4. The Morgan fingerprint density at radius 2 is 1.25 bits per heavy atom. The van der Waals surface area contributed by atoms with Gasteiger partial charge in [-0.05, 0) is 12.3 Å². The average Bonchev–Trinajstić information content (AvgIpc) is 2.51. The molecule has 0 aliphatic heterocycles. The molecule has 132 valence electrons. The zero-order valence-corrected chi connectivity index (χ0v) is 13.2. The molecule has 1 fully saturated rings. The van der Waals surface area contributed by atoms with Gasteiger partial charge in [0.1, 0.15) is 0 Å². The zero-order chi connectivity index (χ0) is 18.3. The molecule has 0 saturated heterocycles. The molecule has 2 bridgehead atoms. The molecule has 0 radical (unpaired) electrons. The summed E-state index contributed by atoms with van der Waals surface area (Å²) in [6, 6.07) is 0. The van der Waals surface area contributed by atoms with Crippen molar-refractivity contribution in [3.05, 3.63) is 11.6 Å². The van der Waals surface area contributed by atoms with Gasteiger partial charge in [-0.15, -0.1) is 0 Å². The van der Waals surface area contributed by atoms with Crippen LogP contribution < -0.4 is 0 Å². The first-order valence-electron chi connectivity index (χ1n) is 7.76. The average molecular weight is 340 g/mol. The van der Waals surface area contributed by atoms with E-state index in [2.05, 4.69) is 0 Å². The third-order valence-electron chi connectivity index (χ3n) is 5.47. The van der Waals surface area contributed by atoms with Crippen LogP contribution >= 0.6 is 0 Å². The van der Waals surface area contributed by atoms with Crippen LogP contribution in [0.5, 0.6) is 0 Å².